The summed E-state index contributed by atoms with van der Waals surface area (Å²) in [6.07, 6.45) is -1.53. The highest BCUT2D eigenvalue weighted by atomic mass is 79.9. The summed E-state index contributed by atoms with van der Waals surface area (Å²) < 4.78 is 24.8. The first-order valence-corrected chi connectivity index (χ1v) is 3.97. The van der Waals surface area contributed by atoms with E-state index < -0.39 is 13.0 Å². The maximum atomic E-state index is 12.2. The molecule has 1 heterocycles. The molecule has 0 aliphatic carbocycles. The number of aliphatic hydroxyl groups excluding tert-OH is 1. The van der Waals surface area contributed by atoms with E-state index >= 15 is 0 Å². The topological polar surface area (TPSA) is 33.1 Å². The molecule has 1 N–H and O–H groups in total. The number of hydrogen-bond donors (Lipinski definition) is 1. The first-order chi connectivity index (χ1) is 5.65. The number of aliphatic hydroxyl groups is 1. The van der Waals surface area contributed by atoms with Crippen molar-refractivity contribution >= 4 is 15.9 Å². The second-order valence-corrected chi connectivity index (χ2v) is 2.98. The molecule has 0 spiro atoms. The SMILES string of the molecule is OCc1cc(Br)ncc1C(F)F. The van der Waals surface area contributed by atoms with E-state index in [2.05, 4.69) is 20.9 Å². The maximum Gasteiger partial charge on any atom is 0.265 e. The molecule has 2 nitrogen and oxygen atoms in total. The third kappa shape index (κ3) is 1.98. The lowest BCUT2D eigenvalue weighted by Crippen LogP contribution is -1.95. The van der Waals surface area contributed by atoms with Gasteiger partial charge in [0.15, 0.2) is 0 Å². The summed E-state index contributed by atoms with van der Waals surface area (Å²) in [5, 5.41) is 8.71. The van der Waals surface area contributed by atoms with Crippen LogP contribution in [0, 0.1) is 0 Å². The molecule has 0 saturated heterocycles. The molecule has 5 heteroatoms. The second-order valence-electron chi connectivity index (χ2n) is 2.16. The maximum absolute atomic E-state index is 12.2. The molecular formula is C7H6BrF2NO. The molecule has 0 amide bonds. The van der Waals surface area contributed by atoms with Crippen LogP contribution in [0.2, 0.25) is 0 Å². The first kappa shape index (κ1) is 9.54. The van der Waals surface area contributed by atoms with Crippen LogP contribution in [0.1, 0.15) is 17.6 Å². The van der Waals surface area contributed by atoms with Crippen molar-refractivity contribution in [3.8, 4) is 0 Å². The van der Waals surface area contributed by atoms with Crippen molar-refractivity contribution < 1.29 is 13.9 Å². The van der Waals surface area contributed by atoms with Gasteiger partial charge in [0.2, 0.25) is 0 Å². The Hall–Kier alpha value is -0.550. The van der Waals surface area contributed by atoms with Crippen LogP contribution in [0.4, 0.5) is 8.78 Å². The highest BCUT2D eigenvalue weighted by Gasteiger charge is 2.12. The normalized spacial score (nSPS) is 10.8. The predicted molar refractivity (Wildman–Crippen MR) is 42.8 cm³/mol. The van der Waals surface area contributed by atoms with Gasteiger partial charge in [0.25, 0.3) is 6.43 Å². The number of alkyl halides is 2. The van der Waals surface area contributed by atoms with Crippen molar-refractivity contribution in [2.45, 2.75) is 13.0 Å². The lowest BCUT2D eigenvalue weighted by Gasteiger charge is -2.04. The van der Waals surface area contributed by atoms with E-state index in [1.54, 1.807) is 0 Å². The van der Waals surface area contributed by atoms with Crippen LogP contribution in [-0.4, -0.2) is 10.1 Å². The summed E-state index contributed by atoms with van der Waals surface area (Å²) in [6, 6.07) is 1.38. The smallest absolute Gasteiger partial charge is 0.265 e. The summed E-state index contributed by atoms with van der Waals surface area (Å²) in [5.41, 5.74) is -0.0208. The highest BCUT2D eigenvalue weighted by molar-refractivity contribution is 9.10. The quantitative estimate of drug-likeness (QED) is 0.801. The Labute approximate surface area is 76.4 Å². The average molecular weight is 238 g/mol. The molecule has 0 unspecified atom stereocenters. The summed E-state index contributed by atoms with van der Waals surface area (Å²) in [7, 11) is 0. The Morgan fingerprint density at radius 3 is 2.75 bits per heavy atom. The van der Waals surface area contributed by atoms with E-state index in [1.807, 2.05) is 0 Å². The van der Waals surface area contributed by atoms with Gasteiger partial charge in [0.05, 0.1) is 6.61 Å². The van der Waals surface area contributed by atoms with Gasteiger partial charge in [-0.1, -0.05) is 0 Å². The number of aromatic nitrogens is 1. The molecule has 1 aromatic heterocycles. The largest absolute Gasteiger partial charge is 0.392 e. The molecule has 0 atom stereocenters. The van der Waals surface area contributed by atoms with Crippen LogP contribution in [-0.2, 0) is 6.61 Å². The Balaban J connectivity index is 3.11. The van der Waals surface area contributed by atoms with E-state index in [1.165, 1.54) is 6.07 Å². The van der Waals surface area contributed by atoms with Gasteiger partial charge in [-0.15, -0.1) is 0 Å². The van der Waals surface area contributed by atoms with Crippen LogP contribution in [0.15, 0.2) is 16.9 Å². The molecule has 0 aromatic carbocycles. The minimum atomic E-state index is -2.59. The van der Waals surface area contributed by atoms with Crippen LogP contribution >= 0.6 is 15.9 Å². The molecule has 0 aliphatic rings. The van der Waals surface area contributed by atoms with Crippen molar-refractivity contribution in [2.24, 2.45) is 0 Å². The lowest BCUT2D eigenvalue weighted by molar-refractivity contribution is 0.146. The average Bonchev–Trinajstić information content (AvgIpc) is 2.03. The number of hydrogen-bond acceptors (Lipinski definition) is 2. The third-order valence-electron chi connectivity index (χ3n) is 1.40. The first-order valence-electron chi connectivity index (χ1n) is 3.18. The number of pyridine rings is 1. The van der Waals surface area contributed by atoms with Crippen molar-refractivity contribution in [1.29, 1.82) is 0 Å². The number of nitrogens with zero attached hydrogens (tertiary/aromatic N) is 1. The minimum Gasteiger partial charge on any atom is -0.392 e. The minimum absolute atomic E-state index is 0.201. The monoisotopic (exact) mass is 237 g/mol. The Morgan fingerprint density at radius 1 is 1.58 bits per heavy atom. The Kier molecular flexibility index (Phi) is 3.11. The van der Waals surface area contributed by atoms with Gasteiger partial charge in [-0.3, -0.25) is 0 Å². The molecule has 66 valence electrons. The number of halogens is 3. The van der Waals surface area contributed by atoms with Crippen molar-refractivity contribution in [1.82, 2.24) is 4.98 Å². The van der Waals surface area contributed by atoms with Gasteiger partial charge in [0.1, 0.15) is 4.60 Å². The van der Waals surface area contributed by atoms with Gasteiger partial charge >= 0.3 is 0 Å². The van der Waals surface area contributed by atoms with Gasteiger partial charge < -0.3 is 5.11 Å². The van der Waals surface area contributed by atoms with Crippen LogP contribution in [0.25, 0.3) is 0 Å². The summed E-state index contributed by atoms with van der Waals surface area (Å²) >= 11 is 3.02. The van der Waals surface area contributed by atoms with E-state index in [9.17, 15) is 8.78 Å². The van der Waals surface area contributed by atoms with Crippen molar-refractivity contribution in [3.63, 3.8) is 0 Å². The third-order valence-corrected chi connectivity index (χ3v) is 1.83. The Bertz CT molecular complexity index is 280. The molecule has 0 saturated carbocycles. The molecule has 12 heavy (non-hydrogen) atoms. The zero-order valence-electron chi connectivity index (χ0n) is 5.97. The molecule has 0 fully saturated rings. The predicted octanol–water partition coefficient (Wildman–Crippen LogP) is 2.27. The molecular weight excluding hydrogens is 232 g/mol. The summed E-state index contributed by atoms with van der Waals surface area (Å²) in [5.74, 6) is 0. The fourth-order valence-corrected chi connectivity index (χ4v) is 1.19. The van der Waals surface area contributed by atoms with Gasteiger partial charge in [-0.05, 0) is 27.6 Å². The summed E-state index contributed by atoms with van der Waals surface area (Å²) in [4.78, 5) is 3.63. The van der Waals surface area contributed by atoms with Gasteiger partial charge in [-0.2, -0.15) is 0 Å². The van der Waals surface area contributed by atoms with Crippen LogP contribution < -0.4 is 0 Å². The number of rotatable bonds is 2. The van der Waals surface area contributed by atoms with Crippen LogP contribution in [0.5, 0.6) is 0 Å². The zero-order chi connectivity index (χ0) is 9.14. The van der Waals surface area contributed by atoms with Gasteiger partial charge in [-0.25, -0.2) is 13.8 Å². The fraction of sp³-hybridized carbons (Fsp3) is 0.286. The molecule has 1 rings (SSSR count). The van der Waals surface area contributed by atoms with Crippen molar-refractivity contribution in [3.05, 3.63) is 28.0 Å². The standard InChI is InChI=1S/C7H6BrF2NO/c8-6-1-4(3-12)5(2-11-6)7(9)10/h1-2,7,12H,3H2. The zero-order valence-corrected chi connectivity index (χ0v) is 7.55. The van der Waals surface area contributed by atoms with Crippen LogP contribution in [0.3, 0.4) is 0 Å². The fourth-order valence-electron chi connectivity index (χ4n) is 0.812. The molecule has 0 bridgehead atoms. The highest BCUT2D eigenvalue weighted by Crippen LogP contribution is 2.23. The van der Waals surface area contributed by atoms with E-state index in [4.69, 9.17) is 5.11 Å². The second kappa shape index (κ2) is 3.91. The van der Waals surface area contributed by atoms with Gasteiger partial charge in [0, 0.05) is 11.8 Å². The van der Waals surface area contributed by atoms with Crippen molar-refractivity contribution in [2.75, 3.05) is 0 Å². The lowest BCUT2D eigenvalue weighted by atomic mass is 10.1. The molecule has 0 radical (unpaired) electrons. The summed E-state index contributed by atoms with van der Waals surface area (Å²) in [6.45, 7) is -0.402. The van der Waals surface area contributed by atoms with E-state index in [0.717, 1.165) is 6.20 Å². The van der Waals surface area contributed by atoms with E-state index in [0.29, 0.717) is 4.60 Å². The van der Waals surface area contributed by atoms with E-state index in [-0.39, 0.29) is 11.1 Å². The molecule has 0 aliphatic heterocycles. The molecule has 1 aromatic rings. The Morgan fingerprint density at radius 2 is 2.25 bits per heavy atom.